The molecule has 21 heteroatoms. The summed E-state index contributed by atoms with van der Waals surface area (Å²) < 4.78 is 0. The van der Waals surface area contributed by atoms with Gasteiger partial charge in [-0.05, 0) is 11.7 Å². The van der Waals surface area contributed by atoms with E-state index >= 15 is 0 Å². The van der Waals surface area contributed by atoms with E-state index in [1.807, 2.05) is 32.0 Å². The van der Waals surface area contributed by atoms with Crippen molar-refractivity contribution in [3.05, 3.63) is 67.0 Å². The fourth-order valence-electron chi connectivity index (χ4n) is 1.43. The number of hydrogen-bond acceptors (Lipinski definition) is 4. The second kappa shape index (κ2) is 75.5. The SMILES string of the molecule is CC.OB(O)c1ccccc1.[W].[W].[W].[W].[W].[W].[W].[W].[W].[W].[W].[W].[W].[W].[W].[Y].[c-]1ccc2nc[c-]nc2c1. The zero-order chi connectivity index (χ0) is 15.5. The minimum absolute atomic E-state index is 0. The monoisotopic (exact) mass is 3130 g/mol. The van der Waals surface area contributed by atoms with Gasteiger partial charge in [0.05, 0.1) is 0 Å². The van der Waals surface area contributed by atoms with Gasteiger partial charge in [-0.2, -0.15) is 18.2 Å². The Hall–Kier alpha value is 9.19. The Labute approximate surface area is 462 Å². The summed E-state index contributed by atoms with van der Waals surface area (Å²) in [5.74, 6) is 0. The van der Waals surface area contributed by atoms with Crippen LogP contribution < -0.4 is 5.46 Å². The van der Waals surface area contributed by atoms with Gasteiger partial charge in [0.15, 0.2) is 0 Å². The van der Waals surface area contributed by atoms with E-state index in [0.717, 1.165) is 11.0 Å². The first kappa shape index (κ1) is 103. The molecule has 2 aromatic carbocycles. The van der Waals surface area contributed by atoms with E-state index in [2.05, 4.69) is 22.2 Å². The summed E-state index contributed by atoms with van der Waals surface area (Å²) in [5.41, 5.74) is 2.25. The van der Waals surface area contributed by atoms with Crippen molar-refractivity contribution < 1.29 is 359 Å². The van der Waals surface area contributed by atoms with Crippen molar-refractivity contribution in [2.45, 2.75) is 13.8 Å². The molecule has 0 spiro atoms. The first-order chi connectivity index (χ1) is 10.3. The van der Waals surface area contributed by atoms with Gasteiger partial charge in [0, 0.05) is 349 Å². The van der Waals surface area contributed by atoms with Crippen LogP contribution in [-0.2, 0) is 349 Å². The van der Waals surface area contributed by atoms with Crippen molar-refractivity contribution in [3.8, 4) is 0 Å². The molecule has 3 aromatic rings. The second-order valence-corrected chi connectivity index (χ2v) is 3.70. The standard InChI is InChI=1S/C8H4N2.C6H7BO2.C2H6.15W.Y/c1-2-4-8-7(3-1)9-5-6-10-8;8-7(9)6-4-2-1-3-5-6;1-2;;;;;;;;;;;;;;;;/h1,3-5H;1-5,8-9H;1-2H3;;;;;;;;;;;;;;;;/q-2;;;;;;;;;;;;;;;;;;. The van der Waals surface area contributed by atoms with E-state index < -0.39 is 7.12 Å². The van der Waals surface area contributed by atoms with Gasteiger partial charge in [0.25, 0.3) is 0 Å². The molecular formula is C16H17BN2O2W15Y-2. The predicted octanol–water partition coefficient (Wildman–Crippen LogP) is 1.58. The summed E-state index contributed by atoms with van der Waals surface area (Å²) >= 11 is 0. The van der Waals surface area contributed by atoms with Crippen LogP contribution in [0.1, 0.15) is 13.8 Å². The van der Waals surface area contributed by atoms with E-state index in [1.165, 1.54) is 0 Å². The second-order valence-electron chi connectivity index (χ2n) is 3.70. The minimum atomic E-state index is -1.34. The topological polar surface area (TPSA) is 66.2 Å². The van der Waals surface area contributed by atoms with Gasteiger partial charge >= 0.3 is 7.12 Å². The van der Waals surface area contributed by atoms with Gasteiger partial charge in [0.1, 0.15) is 0 Å². The molecule has 0 bridgehead atoms. The van der Waals surface area contributed by atoms with Crippen LogP contribution in [0, 0.1) is 12.3 Å². The minimum Gasteiger partial charge on any atom is -0.450 e. The molecule has 1 heterocycles. The van der Waals surface area contributed by atoms with Gasteiger partial charge in [-0.3, -0.25) is 0 Å². The van der Waals surface area contributed by atoms with Crippen molar-refractivity contribution in [1.29, 1.82) is 0 Å². The maximum Gasteiger partial charge on any atom is 0.488 e. The van der Waals surface area contributed by atoms with Crippen LogP contribution in [0.5, 0.6) is 0 Å². The van der Waals surface area contributed by atoms with Gasteiger partial charge in [0.2, 0.25) is 0 Å². The average Bonchev–Trinajstić information content (AvgIpc) is 2.58. The van der Waals surface area contributed by atoms with Crippen molar-refractivity contribution in [3.63, 3.8) is 0 Å². The summed E-state index contributed by atoms with van der Waals surface area (Å²) in [6.45, 7) is 4.00. The molecule has 0 unspecified atom stereocenters. The summed E-state index contributed by atoms with van der Waals surface area (Å²) in [6.07, 6.45) is 4.21. The summed E-state index contributed by atoms with van der Waals surface area (Å²) in [5, 5.41) is 17.2. The van der Waals surface area contributed by atoms with Crippen LogP contribution in [0.2, 0.25) is 0 Å². The molecule has 201 valence electrons. The van der Waals surface area contributed by atoms with E-state index in [4.69, 9.17) is 10.0 Å². The maximum atomic E-state index is 8.58. The Morgan fingerprint density at radius 1 is 0.622 bits per heavy atom. The molecule has 0 aliphatic rings. The predicted molar refractivity (Wildman–Crippen MR) is 84.8 cm³/mol. The van der Waals surface area contributed by atoms with E-state index in [9.17, 15) is 0 Å². The van der Waals surface area contributed by atoms with Crippen molar-refractivity contribution in [2.24, 2.45) is 0 Å². The molecule has 0 aliphatic carbocycles. The fraction of sp³-hybridized carbons (Fsp3) is 0.125. The fourth-order valence-corrected chi connectivity index (χ4v) is 1.43. The molecule has 0 saturated carbocycles. The molecule has 3 rings (SSSR count). The van der Waals surface area contributed by atoms with Crippen molar-refractivity contribution >= 4 is 23.6 Å². The maximum absolute atomic E-state index is 8.58. The Bertz CT molecular complexity index is 610. The number of nitrogens with zero attached hydrogens (tertiary/aromatic N) is 2. The number of rotatable bonds is 1. The van der Waals surface area contributed by atoms with Crippen LogP contribution in [-0.4, -0.2) is 27.1 Å². The summed E-state index contributed by atoms with van der Waals surface area (Å²) in [4.78, 5) is 8.01. The zero-order valence-corrected chi connectivity index (χ0v) is 65.6. The molecule has 0 aliphatic heterocycles. The molecule has 4 nitrogen and oxygen atoms in total. The third kappa shape index (κ3) is 54.9. The smallest absolute Gasteiger partial charge is 0.450 e. The largest absolute Gasteiger partial charge is 0.488 e. The number of fused-ring (bicyclic) bond motifs is 1. The Balaban J connectivity index is -0.0000000114. The zero-order valence-electron chi connectivity index (χ0n) is 18.8. The average molecular weight is 3130 g/mol. The Morgan fingerprint density at radius 3 is 1.35 bits per heavy atom. The molecule has 1 radical (unpaired) electrons. The molecular weight excluding hydrogens is 3110 g/mol. The van der Waals surface area contributed by atoms with Gasteiger partial charge in [-0.25, -0.2) is 0 Å². The molecule has 0 fully saturated rings. The molecule has 1 aromatic heterocycles. The number of hydrogen-bond donors (Lipinski definition) is 2. The summed E-state index contributed by atoms with van der Waals surface area (Å²) in [7, 11) is -1.34. The van der Waals surface area contributed by atoms with Crippen molar-refractivity contribution in [1.82, 2.24) is 9.97 Å². The molecule has 37 heavy (non-hydrogen) atoms. The van der Waals surface area contributed by atoms with Crippen LogP contribution in [0.4, 0.5) is 0 Å². The van der Waals surface area contributed by atoms with E-state index in [1.54, 1.807) is 36.5 Å². The van der Waals surface area contributed by atoms with E-state index in [0.29, 0.717) is 5.46 Å². The summed E-state index contributed by atoms with van der Waals surface area (Å²) in [6, 6.07) is 17.0. The first-order valence-electron chi connectivity index (χ1n) is 6.67. The molecule has 0 amide bonds. The van der Waals surface area contributed by atoms with Gasteiger partial charge < -0.3 is 20.0 Å². The van der Waals surface area contributed by atoms with Crippen LogP contribution in [0.25, 0.3) is 11.0 Å². The van der Waals surface area contributed by atoms with Gasteiger partial charge in [-0.15, -0.1) is 12.3 Å². The van der Waals surface area contributed by atoms with Crippen LogP contribution >= 0.6 is 0 Å². The van der Waals surface area contributed by atoms with E-state index in [-0.39, 0.29) is 349 Å². The third-order valence-electron chi connectivity index (χ3n) is 2.36. The molecule has 0 atom stereocenters. The molecule has 0 saturated heterocycles. The van der Waals surface area contributed by atoms with Gasteiger partial charge in [-0.1, -0.05) is 55.2 Å². The first-order valence-corrected chi connectivity index (χ1v) is 6.67. The third-order valence-corrected chi connectivity index (χ3v) is 2.36. The quantitative estimate of drug-likeness (QED) is 0.288. The number of aromatic nitrogens is 2. The Kier molecular flexibility index (Phi) is 211. The van der Waals surface area contributed by atoms with Crippen LogP contribution in [0.15, 0.2) is 54.7 Å². The normalized spacial score (nSPS) is 5.08. The Morgan fingerprint density at radius 2 is 1.03 bits per heavy atom. The molecule has 2 N–H and O–H groups in total. The number of benzene rings is 2. The van der Waals surface area contributed by atoms with Crippen LogP contribution in [0.3, 0.4) is 0 Å². The van der Waals surface area contributed by atoms with Crippen molar-refractivity contribution in [2.75, 3.05) is 0 Å².